The normalized spacial score (nSPS) is 32.2. The Morgan fingerprint density at radius 3 is 2.38 bits per heavy atom. The number of halogens is 4. The van der Waals surface area contributed by atoms with Crippen molar-refractivity contribution in [2.24, 2.45) is 46.3 Å². The van der Waals surface area contributed by atoms with Gasteiger partial charge in [0.25, 0.3) is 5.92 Å². The first-order valence-corrected chi connectivity index (χ1v) is 22.7. The Kier molecular flexibility index (Phi) is 12.1. The second-order valence-corrected chi connectivity index (χ2v) is 20.8. The Bertz CT molecular complexity index is 2130. The number of Topliss-reactive ketones (excluding diaryl/α,β-unsaturated/α-hetero) is 2. The smallest absolute Gasteiger partial charge is 0.306 e. The minimum Gasteiger partial charge on any atom is -0.497 e. The van der Waals surface area contributed by atoms with Crippen molar-refractivity contribution in [3.05, 3.63) is 23.9 Å². The Balaban J connectivity index is 1.32. The Hall–Kier alpha value is -3.89. The molecule has 7 rings (SSSR count). The average molecular weight is 866 g/mol. The number of sulfonamides is 1. The predicted octanol–water partition coefficient (Wildman–Crippen LogP) is 7.50. The van der Waals surface area contributed by atoms with Gasteiger partial charge >= 0.3 is 5.97 Å². The molecule has 1 aromatic carbocycles. The fourth-order valence-corrected chi connectivity index (χ4v) is 11.0. The topological polar surface area (TPSA) is 168 Å². The Morgan fingerprint density at radius 1 is 1.02 bits per heavy atom. The fourth-order valence-electron chi connectivity index (χ4n) is 9.65. The van der Waals surface area contributed by atoms with Gasteiger partial charge in [0.2, 0.25) is 28.2 Å². The van der Waals surface area contributed by atoms with Gasteiger partial charge in [-0.25, -0.2) is 27.2 Å². The zero-order valence-corrected chi connectivity index (χ0v) is 35.5. The van der Waals surface area contributed by atoms with E-state index in [0.29, 0.717) is 44.3 Å². The summed E-state index contributed by atoms with van der Waals surface area (Å²) in [5, 5.41) is -0.830. The molecule has 2 bridgehead atoms. The third kappa shape index (κ3) is 9.02. The number of amides is 1. The van der Waals surface area contributed by atoms with Crippen molar-refractivity contribution in [2.75, 3.05) is 7.11 Å². The largest absolute Gasteiger partial charge is 0.497 e. The van der Waals surface area contributed by atoms with E-state index in [1.165, 1.54) is 19.2 Å². The van der Waals surface area contributed by atoms with Gasteiger partial charge in [-0.3, -0.25) is 23.9 Å². The number of carbonyl (C=O) groups is 4. The van der Waals surface area contributed by atoms with Gasteiger partial charge in [-0.15, -0.1) is 0 Å². The van der Waals surface area contributed by atoms with Crippen LogP contribution in [0.25, 0.3) is 11.0 Å². The standard InChI is InChI=1S/C43H55F4N3O9S/c1-6-9-25-33-18-26(35(25)31(51)21-42(20-28(42)38(44)45)40(54)50-60(55,56)24-12-13-24)36(53)27(41(2,3)4)19-34(52)58-32-16-22(32)10-7-8-15-43(46,47)37-39(59-33)49-30-17-23(57-5)11-14-29(30)48-37/h11,14,17,22,24-28,32-33,35,38H,6-10,12-13,15-16,18-21H2,1-5H3,(H,50,54)/t22-,25-,26?,27-,28+,32-,33+,35-,42-/m1/s1. The first-order valence-electron chi connectivity index (χ1n) is 21.2. The van der Waals surface area contributed by atoms with E-state index in [9.17, 15) is 31.6 Å². The highest BCUT2D eigenvalue weighted by molar-refractivity contribution is 7.90. The molecule has 12 nitrogen and oxygen atoms in total. The molecule has 1 aliphatic heterocycles. The minimum absolute atomic E-state index is 0.00440. The molecule has 0 radical (unpaired) electrons. The van der Waals surface area contributed by atoms with E-state index in [0.717, 1.165) is 0 Å². The van der Waals surface area contributed by atoms with Crippen LogP contribution in [0.1, 0.15) is 117 Å². The molecule has 2 aromatic rings. The number of ketones is 2. The fraction of sp³-hybridized carbons (Fsp3) is 0.721. The summed E-state index contributed by atoms with van der Waals surface area (Å²) < 4.78 is 107. The number of esters is 1. The molecule has 4 saturated carbocycles. The van der Waals surface area contributed by atoms with Gasteiger partial charge < -0.3 is 14.2 Å². The summed E-state index contributed by atoms with van der Waals surface area (Å²) in [6.07, 6.45) is -3.82. The SMILES string of the molecule is CCC[C@@H]1[C@@H]2CC(C(=O)[C@H](C(C)(C)C)CC(=O)O[C@@H]3C[C@H]3CCCCC(F)(F)c3nc4ccc(OC)cc4nc3O2)[C@@H]1C(=O)C[C@]1(C(=O)NS(=O)(=O)C2CC2)C[C@H]1C(F)F. The predicted molar refractivity (Wildman–Crippen MR) is 210 cm³/mol. The maximum Gasteiger partial charge on any atom is 0.306 e. The molecule has 17 heteroatoms. The number of aromatic nitrogens is 2. The number of hydrogen-bond acceptors (Lipinski definition) is 11. The van der Waals surface area contributed by atoms with Crippen molar-refractivity contribution in [3.63, 3.8) is 0 Å². The third-order valence-corrected chi connectivity index (χ3v) is 15.3. The zero-order valence-electron chi connectivity index (χ0n) is 34.7. The monoisotopic (exact) mass is 865 g/mol. The van der Waals surface area contributed by atoms with Gasteiger partial charge in [0.1, 0.15) is 29.5 Å². The van der Waals surface area contributed by atoms with E-state index in [1.807, 2.05) is 11.6 Å². The van der Waals surface area contributed by atoms with Crippen molar-refractivity contribution >= 4 is 44.5 Å². The highest BCUT2D eigenvalue weighted by Crippen LogP contribution is 2.60. The van der Waals surface area contributed by atoms with Gasteiger partial charge in [-0.1, -0.05) is 40.5 Å². The lowest BCUT2D eigenvalue weighted by molar-refractivity contribution is -0.151. The zero-order chi connectivity index (χ0) is 43.5. The van der Waals surface area contributed by atoms with Crippen LogP contribution in [0.3, 0.4) is 0 Å². The summed E-state index contributed by atoms with van der Waals surface area (Å²) in [5.41, 5.74) is -3.22. The number of benzene rings is 1. The number of fused-ring (bicyclic) bond motifs is 5. The molecule has 1 N–H and O–H groups in total. The van der Waals surface area contributed by atoms with Crippen molar-refractivity contribution in [2.45, 2.75) is 141 Å². The lowest BCUT2D eigenvalue weighted by atomic mass is 9.69. The summed E-state index contributed by atoms with van der Waals surface area (Å²) >= 11 is 0. The molecule has 2 heterocycles. The van der Waals surface area contributed by atoms with Crippen LogP contribution in [0, 0.1) is 46.3 Å². The van der Waals surface area contributed by atoms with Crippen molar-refractivity contribution < 1.29 is 59.4 Å². The van der Waals surface area contributed by atoms with Crippen LogP contribution >= 0.6 is 0 Å². The molecular weight excluding hydrogens is 811 g/mol. The molecule has 4 fully saturated rings. The molecule has 1 amide bonds. The van der Waals surface area contributed by atoms with E-state index in [1.54, 1.807) is 26.8 Å². The van der Waals surface area contributed by atoms with Crippen LogP contribution in [0.15, 0.2) is 18.2 Å². The number of hydrogen-bond donors (Lipinski definition) is 1. The lowest BCUT2D eigenvalue weighted by Gasteiger charge is -2.33. The quantitative estimate of drug-likeness (QED) is 0.186. The van der Waals surface area contributed by atoms with Crippen LogP contribution in [0.4, 0.5) is 17.6 Å². The highest BCUT2D eigenvalue weighted by Gasteiger charge is 2.67. The molecule has 0 saturated heterocycles. The first-order chi connectivity index (χ1) is 28.2. The minimum atomic E-state index is -4.16. The van der Waals surface area contributed by atoms with Gasteiger partial charge in [-0.2, -0.15) is 8.78 Å². The molecule has 5 aliphatic rings. The Labute approximate surface area is 347 Å². The van der Waals surface area contributed by atoms with Crippen LogP contribution in [-0.2, 0) is 39.9 Å². The maximum absolute atomic E-state index is 16.4. The van der Waals surface area contributed by atoms with Crippen molar-refractivity contribution in [1.82, 2.24) is 14.7 Å². The number of methoxy groups -OCH3 is 1. The van der Waals surface area contributed by atoms with Crippen LogP contribution in [-0.4, -0.2) is 72.8 Å². The summed E-state index contributed by atoms with van der Waals surface area (Å²) in [7, 11) is -2.72. The van der Waals surface area contributed by atoms with E-state index < -0.39 is 135 Å². The van der Waals surface area contributed by atoms with Gasteiger partial charge in [0, 0.05) is 48.5 Å². The van der Waals surface area contributed by atoms with Crippen LogP contribution < -0.4 is 14.2 Å². The number of alkyl halides is 4. The van der Waals surface area contributed by atoms with Gasteiger partial charge in [0.15, 0.2) is 5.69 Å². The summed E-state index contributed by atoms with van der Waals surface area (Å²) in [4.78, 5) is 66.0. The molecule has 60 heavy (non-hydrogen) atoms. The number of ether oxygens (including phenoxy) is 3. The summed E-state index contributed by atoms with van der Waals surface area (Å²) in [6.45, 7) is 7.16. The maximum atomic E-state index is 16.4. The van der Waals surface area contributed by atoms with Crippen LogP contribution in [0.2, 0.25) is 0 Å². The van der Waals surface area contributed by atoms with Crippen molar-refractivity contribution in [3.8, 4) is 11.6 Å². The lowest BCUT2D eigenvalue weighted by Crippen LogP contribution is -2.43. The van der Waals surface area contributed by atoms with Crippen LogP contribution in [0.5, 0.6) is 11.6 Å². The molecule has 9 atom stereocenters. The number of rotatable bonds is 10. The van der Waals surface area contributed by atoms with E-state index in [4.69, 9.17) is 14.2 Å². The molecule has 1 unspecified atom stereocenters. The molecular formula is C43H55F4N3O9S. The number of nitrogens with one attached hydrogen (secondary N) is 1. The third-order valence-electron chi connectivity index (χ3n) is 13.5. The molecule has 0 spiro atoms. The Morgan fingerprint density at radius 2 is 1.75 bits per heavy atom. The van der Waals surface area contributed by atoms with E-state index >= 15 is 13.6 Å². The number of nitrogens with zero attached hydrogens (tertiary/aromatic N) is 2. The first kappa shape index (κ1) is 44.2. The molecule has 1 aromatic heterocycles. The van der Waals surface area contributed by atoms with E-state index in [-0.39, 0.29) is 42.6 Å². The number of carbonyl (C=O) groups excluding carboxylic acids is 4. The van der Waals surface area contributed by atoms with Gasteiger partial charge in [-0.05, 0) is 74.8 Å². The van der Waals surface area contributed by atoms with Gasteiger partial charge in [0.05, 0.1) is 35.2 Å². The highest BCUT2D eigenvalue weighted by atomic mass is 32.2. The molecule has 4 aliphatic carbocycles. The second-order valence-electron chi connectivity index (χ2n) is 18.8. The van der Waals surface area contributed by atoms with Crippen molar-refractivity contribution in [1.29, 1.82) is 0 Å². The van der Waals surface area contributed by atoms with E-state index in [2.05, 4.69) is 9.97 Å². The summed E-state index contributed by atoms with van der Waals surface area (Å²) in [5.74, 6) is -12.5. The summed E-state index contributed by atoms with van der Waals surface area (Å²) in [6, 6.07) is 4.60. The average Bonchev–Trinajstić information content (AvgIpc) is 4.08. The molecule has 330 valence electrons. The second kappa shape index (κ2) is 16.4.